The summed E-state index contributed by atoms with van der Waals surface area (Å²) in [5, 5.41) is 18.4. The third kappa shape index (κ3) is 2.16. The van der Waals surface area contributed by atoms with Crippen molar-refractivity contribution in [1.29, 1.82) is 0 Å². The Morgan fingerprint density at radius 1 is 0.862 bits per heavy atom. The van der Waals surface area contributed by atoms with Crippen LogP contribution in [0.5, 0.6) is 0 Å². The molecule has 0 aromatic rings. The molecule has 5 aliphatic carbocycles. The van der Waals surface area contributed by atoms with Crippen LogP contribution in [0.4, 0.5) is 0 Å². The quantitative estimate of drug-likeness (QED) is 0.647. The lowest BCUT2D eigenvalue weighted by Crippen LogP contribution is -2.59. The monoisotopic (exact) mass is 402 g/mol. The fourth-order valence-electron chi connectivity index (χ4n) is 11.1. The minimum Gasteiger partial charge on any atom is -0.393 e. The minimum atomic E-state index is -0.147. The van der Waals surface area contributed by atoms with Crippen LogP contribution in [0.2, 0.25) is 0 Å². The molecule has 0 aromatic heterocycles. The molecule has 29 heavy (non-hydrogen) atoms. The average molecular weight is 403 g/mol. The summed E-state index contributed by atoms with van der Waals surface area (Å²) in [7, 11) is 4.25. The van der Waals surface area contributed by atoms with Gasteiger partial charge in [-0.15, -0.1) is 0 Å². The van der Waals surface area contributed by atoms with E-state index < -0.39 is 0 Å². The molecule has 0 heterocycles. The van der Waals surface area contributed by atoms with Gasteiger partial charge in [0, 0.05) is 18.0 Å². The van der Waals surface area contributed by atoms with E-state index in [1.54, 1.807) is 0 Å². The molecule has 3 N–H and O–H groups in total. The number of nitrogens with one attached hydrogen (secondary N) is 2. The molecule has 5 fully saturated rings. The molecule has 1 unspecified atom stereocenters. The van der Waals surface area contributed by atoms with Crippen molar-refractivity contribution in [3.63, 3.8) is 0 Å². The van der Waals surface area contributed by atoms with Crippen molar-refractivity contribution in [3.8, 4) is 0 Å². The van der Waals surface area contributed by atoms with Crippen molar-refractivity contribution in [2.24, 2.45) is 44.8 Å². The van der Waals surface area contributed by atoms with Crippen LogP contribution in [0.25, 0.3) is 0 Å². The third-order valence-corrected chi connectivity index (χ3v) is 12.5. The Balaban J connectivity index is 1.52. The van der Waals surface area contributed by atoms with Crippen LogP contribution in [0.1, 0.15) is 86.0 Å². The van der Waals surface area contributed by atoms with Gasteiger partial charge in [-0.05, 0) is 111 Å². The van der Waals surface area contributed by atoms with E-state index in [2.05, 4.69) is 59.3 Å². The second-order valence-electron chi connectivity index (χ2n) is 13.1. The van der Waals surface area contributed by atoms with E-state index in [1.165, 1.54) is 44.9 Å². The van der Waals surface area contributed by atoms with E-state index in [1.807, 2.05) is 0 Å². The average Bonchev–Trinajstić information content (AvgIpc) is 3.26. The Morgan fingerprint density at radius 3 is 2.17 bits per heavy atom. The van der Waals surface area contributed by atoms with Gasteiger partial charge >= 0.3 is 0 Å². The molecule has 166 valence electrons. The fourth-order valence-corrected chi connectivity index (χ4v) is 11.1. The Bertz CT molecular complexity index is 692. The van der Waals surface area contributed by atoms with Gasteiger partial charge in [-0.3, -0.25) is 0 Å². The lowest BCUT2D eigenvalue weighted by atomic mass is 9.42. The Morgan fingerprint density at radius 2 is 1.52 bits per heavy atom. The van der Waals surface area contributed by atoms with Gasteiger partial charge in [0.15, 0.2) is 0 Å². The van der Waals surface area contributed by atoms with E-state index in [0.29, 0.717) is 39.7 Å². The van der Waals surface area contributed by atoms with Gasteiger partial charge in [-0.2, -0.15) is 0 Å². The van der Waals surface area contributed by atoms with Gasteiger partial charge in [-0.1, -0.05) is 27.7 Å². The second kappa shape index (κ2) is 6.01. The summed E-state index contributed by atoms with van der Waals surface area (Å²) in [5.41, 5.74) is 2.14. The van der Waals surface area contributed by atoms with Crippen LogP contribution in [0.3, 0.4) is 0 Å². The van der Waals surface area contributed by atoms with Crippen molar-refractivity contribution in [1.82, 2.24) is 10.6 Å². The first-order chi connectivity index (χ1) is 13.5. The SMILES string of the molecule is CN[C@@H](C)C1[C@H](O)C[C@@]2(C)[C@@H]3CC[C@H]4C(C)(C)[C@@H](NC)CC[C@@]45C[C@@]35CC[C@]12C. The zero-order valence-electron chi connectivity index (χ0n) is 20.1. The first-order valence-electron chi connectivity index (χ1n) is 12.6. The maximum absolute atomic E-state index is 11.3. The molecule has 5 rings (SSSR count). The zero-order chi connectivity index (χ0) is 21.0. The van der Waals surface area contributed by atoms with E-state index in [4.69, 9.17) is 0 Å². The van der Waals surface area contributed by atoms with Crippen LogP contribution in [0, 0.1) is 44.8 Å². The lowest BCUT2D eigenvalue weighted by Gasteiger charge is -2.63. The number of hydrogen-bond acceptors (Lipinski definition) is 3. The van der Waals surface area contributed by atoms with Crippen molar-refractivity contribution < 1.29 is 5.11 Å². The molecule has 0 aliphatic heterocycles. The van der Waals surface area contributed by atoms with Gasteiger partial charge in [0.05, 0.1) is 6.10 Å². The fraction of sp³-hybridized carbons (Fsp3) is 1.00. The van der Waals surface area contributed by atoms with Crippen LogP contribution in [-0.2, 0) is 0 Å². The second-order valence-corrected chi connectivity index (χ2v) is 13.1. The summed E-state index contributed by atoms with van der Waals surface area (Å²) in [6, 6.07) is 1.06. The maximum atomic E-state index is 11.3. The first-order valence-corrected chi connectivity index (χ1v) is 12.6. The molecule has 3 nitrogen and oxygen atoms in total. The molecule has 0 aromatic carbocycles. The molecule has 5 saturated carbocycles. The van der Waals surface area contributed by atoms with Crippen LogP contribution >= 0.6 is 0 Å². The number of aliphatic hydroxyl groups is 1. The predicted molar refractivity (Wildman–Crippen MR) is 120 cm³/mol. The van der Waals surface area contributed by atoms with E-state index in [9.17, 15) is 5.11 Å². The van der Waals surface area contributed by atoms with Gasteiger partial charge in [-0.25, -0.2) is 0 Å². The zero-order valence-corrected chi connectivity index (χ0v) is 20.1. The largest absolute Gasteiger partial charge is 0.393 e. The van der Waals surface area contributed by atoms with Crippen molar-refractivity contribution in [2.75, 3.05) is 14.1 Å². The predicted octanol–water partition coefficient (Wildman–Crippen LogP) is 4.59. The Kier molecular flexibility index (Phi) is 4.31. The highest BCUT2D eigenvalue weighted by molar-refractivity contribution is 5.31. The molecular formula is C26H46N2O. The van der Waals surface area contributed by atoms with Crippen molar-refractivity contribution in [2.45, 2.75) is 104 Å². The summed E-state index contributed by atoms with van der Waals surface area (Å²) in [5.74, 6) is 2.08. The van der Waals surface area contributed by atoms with E-state index in [-0.39, 0.29) is 11.5 Å². The van der Waals surface area contributed by atoms with E-state index in [0.717, 1.165) is 18.3 Å². The molecule has 0 saturated heterocycles. The Labute approximate surface area is 179 Å². The van der Waals surface area contributed by atoms with Crippen LogP contribution < -0.4 is 10.6 Å². The van der Waals surface area contributed by atoms with Gasteiger partial charge < -0.3 is 15.7 Å². The standard InChI is InChI=1S/C26H46N2O/c1-16(27-6)21-17(29)14-24(5)19-9-8-18-22(2,3)20(28-7)10-11-25(18)15-26(19,25)13-12-23(21,24)4/h16-21,27-29H,8-15H2,1-7H3/t16-,17+,18-,19-,20-,21?,23+,24-,25+,26-/m0/s1. The van der Waals surface area contributed by atoms with Gasteiger partial charge in [0.25, 0.3) is 0 Å². The van der Waals surface area contributed by atoms with Crippen LogP contribution in [0.15, 0.2) is 0 Å². The van der Waals surface area contributed by atoms with Crippen molar-refractivity contribution in [3.05, 3.63) is 0 Å². The summed E-state index contributed by atoms with van der Waals surface area (Å²) < 4.78 is 0. The molecule has 5 aliphatic rings. The lowest BCUT2D eigenvalue weighted by molar-refractivity contribution is -0.144. The first kappa shape index (κ1) is 20.8. The highest BCUT2D eigenvalue weighted by Gasteiger charge is 2.82. The summed E-state index contributed by atoms with van der Waals surface area (Å²) in [6.07, 6.45) is 10.7. The molecule has 0 amide bonds. The molecule has 0 radical (unpaired) electrons. The Hall–Kier alpha value is -0.120. The summed E-state index contributed by atoms with van der Waals surface area (Å²) >= 11 is 0. The molecule has 2 spiro atoms. The molecule has 0 bridgehead atoms. The number of fused-ring (bicyclic) bond motifs is 2. The highest BCUT2D eigenvalue weighted by atomic mass is 16.3. The third-order valence-electron chi connectivity index (χ3n) is 12.5. The van der Waals surface area contributed by atoms with Crippen molar-refractivity contribution >= 4 is 0 Å². The van der Waals surface area contributed by atoms with E-state index >= 15 is 0 Å². The summed E-state index contributed by atoms with van der Waals surface area (Å²) in [6.45, 7) is 12.6. The highest BCUT2D eigenvalue weighted by Crippen LogP contribution is 2.88. The minimum absolute atomic E-state index is 0.147. The normalized spacial score (nSPS) is 58.6. The van der Waals surface area contributed by atoms with Gasteiger partial charge in [0.2, 0.25) is 0 Å². The molecular weight excluding hydrogens is 356 g/mol. The molecule has 10 atom stereocenters. The molecule has 3 heteroatoms. The smallest absolute Gasteiger partial charge is 0.0594 e. The topological polar surface area (TPSA) is 44.3 Å². The number of rotatable bonds is 3. The van der Waals surface area contributed by atoms with Gasteiger partial charge in [0.1, 0.15) is 0 Å². The number of aliphatic hydroxyl groups excluding tert-OH is 1. The summed E-state index contributed by atoms with van der Waals surface area (Å²) in [4.78, 5) is 0. The maximum Gasteiger partial charge on any atom is 0.0594 e. The van der Waals surface area contributed by atoms with Crippen LogP contribution in [-0.4, -0.2) is 37.4 Å². The number of hydrogen-bond donors (Lipinski definition) is 3.